The third-order valence-electron chi connectivity index (χ3n) is 3.95. The zero-order chi connectivity index (χ0) is 16.2. The van der Waals surface area contributed by atoms with Gasteiger partial charge >= 0.3 is 5.97 Å². The van der Waals surface area contributed by atoms with Crippen LogP contribution in [0.3, 0.4) is 0 Å². The van der Waals surface area contributed by atoms with E-state index in [-0.39, 0.29) is 5.78 Å². The number of nitrogens with one attached hydrogen (secondary N) is 1. The molecule has 0 bridgehead atoms. The summed E-state index contributed by atoms with van der Waals surface area (Å²) in [6.07, 6.45) is 0. The first-order chi connectivity index (χ1) is 10.5. The fraction of sp³-hybridized carbons (Fsp3) is 0.222. The van der Waals surface area contributed by atoms with E-state index in [1.807, 2.05) is 60.7 Å². The molecule has 0 aliphatic heterocycles. The molecule has 0 aliphatic rings. The van der Waals surface area contributed by atoms with Gasteiger partial charge < -0.3 is 5.11 Å². The quantitative estimate of drug-likeness (QED) is 0.804. The van der Waals surface area contributed by atoms with Gasteiger partial charge in [-0.1, -0.05) is 60.7 Å². The van der Waals surface area contributed by atoms with Crippen molar-refractivity contribution in [2.24, 2.45) is 0 Å². The highest BCUT2D eigenvalue weighted by molar-refractivity contribution is 6.11. The number of carboxylic acid groups (broad SMARTS) is 1. The van der Waals surface area contributed by atoms with Gasteiger partial charge in [-0.3, -0.25) is 10.1 Å². The standard InChI is InChI=1S/C18H19NO3/c1-18(19-2,17(21)22)16(20)15(13-9-5-3-6-10-13)14-11-7-4-8-12-14/h3-12,15,19H,1-2H3,(H,21,22)/t18-/m1/s1. The maximum absolute atomic E-state index is 13.0. The molecular weight excluding hydrogens is 278 g/mol. The van der Waals surface area contributed by atoms with Crippen molar-refractivity contribution in [2.75, 3.05) is 7.05 Å². The fourth-order valence-electron chi connectivity index (χ4n) is 2.41. The normalized spacial score (nSPS) is 13.6. The van der Waals surface area contributed by atoms with Crippen LogP contribution >= 0.6 is 0 Å². The van der Waals surface area contributed by atoms with Gasteiger partial charge in [0.15, 0.2) is 11.3 Å². The Hall–Kier alpha value is -2.46. The van der Waals surface area contributed by atoms with Crippen molar-refractivity contribution in [3.63, 3.8) is 0 Å². The maximum Gasteiger partial charge on any atom is 0.331 e. The number of likely N-dealkylation sites (N-methyl/N-ethyl adjacent to an activating group) is 1. The molecule has 22 heavy (non-hydrogen) atoms. The topological polar surface area (TPSA) is 66.4 Å². The number of benzene rings is 2. The molecule has 0 unspecified atom stereocenters. The molecule has 2 N–H and O–H groups in total. The summed E-state index contributed by atoms with van der Waals surface area (Å²) in [5.41, 5.74) is -0.0843. The number of hydrogen-bond donors (Lipinski definition) is 2. The van der Waals surface area contributed by atoms with Crippen LogP contribution in [0.15, 0.2) is 60.7 Å². The molecule has 0 fully saturated rings. The summed E-state index contributed by atoms with van der Waals surface area (Å²) in [6, 6.07) is 18.5. The zero-order valence-electron chi connectivity index (χ0n) is 12.6. The summed E-state index contributed by atoms with van der Waals surface area (Å²) in [5, 5.41) is 12.1. The highest BCUT2D eigenvalue weighted by atomic mass is 16.4. The molecule has 4 heteroatoms. The van der Waals surface area contributed by atoms with E-state index in [1.165, 1.54) is 14.0 Å². The molecule has 0 spiro atoms. The lowest BCUT2D eigenvalue weighted by Crippen LogP contribution is -2.56. The third-order valence-corrected chi connectivity index (χ3v) is 3.95. The number of Topliss-reactive ketones (excluding diaryl/α,β-unsaturated/α-hetero) is 1. The second-order valence-corrected chi connectivity index (χ2v) is 5.30. The molecule has 0 heterocycles. The van der Waals surface area contributed by atoms with Gasteiger partial charge in [-0.25, -0.2) is 4.79 Å². The molecule has 2 aromatic carbocycles. The van der Waals surface area contributed by atoms with Crippen molar-refractivity contribution in [1.29, 1.82) is 0 Å². The molecule has 0 aliphatic carbocycles. The van der Waals surface area contributed by atoms with Gasteiger partial charge in [0.25, 0.3) is 0 Å². The smallest absolute Gasteiger partial charge is 0.331 e. The maximum atomic E-state index is 13.0. The molecule has 0 saturated heterocycles. The monoisotopic (exact) mass is 297 g/mol. The van der Waals surface area contributed by atoms with Gasteiger partial charge in [-0.05, 0) is 25.1 Å². The molecule has 114 valence electrons. The summed E-state index contributed by atoms with van der Waals surface area (Å²) in [7, 11) is 1.49. The van der Waals surface area contributed by atoms with Crippen LogP contribution in [-0.4, -0.2) is 29.4 Å². The highest BCUT2D eigenvalue weighted by Gasteiger charge is 2.44. The molecule has 0 saturated carbocycles. The predicted octanol–water partition coefficient (Wildman–Crippen LogP) is 2.45. The van der Waals surface area contributed by atoms with Crippen molar-refractivity contribution in [2.45, 2.75) is 18.4 Å². The van der Waals surface area contributed by atoms with Crippen LogP contribution in [0.4, 0.5) is 0 Å². The first-order valence-corrected chi connectivity index (χ1v) is 7.07. The number of ketones is 1. The first-order valence-electron chi connectivity index (χ1n) is 7.07. The molecule has 0 aromatic heterocycles. The van der Waals surface area contributed by atoms with Crippen LogP contribution in [-0.2, 0) is 9.59 Å². The number of carbonyl (C=O) groups is 2. The minimum absolute atomic E-state index is 0.389. The van der Waals surface area contributed by atoms with Crippen LogP contribution in [0.2, 0.25) is 0 Å². The van der Waals surface area contributed by atoms with Crippen molar-refractivity contribution < 1.29 is 14.7 Å². The van der Waals surface area contributed by atoms with E-state index in [2.05, 4.69) is 5.32 Å². The van der Waals surface area contributed by atoms with E-state index in [0.717, 1.165) is 11.1 Å². The summed E-state index contributed by atoms with van der Waals surface area (Å²) in [4.78, 5) is 24.6. The van der Waals surface area contributed by atoms with Gasteiger partial charge in [0.2, 0.25) is 0 Å². The average molecular weight is 297 g/mol. The Balaban J connectivity index is 2.55. The van der Waals surface area contributed by atoms with Crippen molar-refractivity contribution >= 4 is 11.8 Å². The Morgan fingerprint density at radius 3 is 1.68 bits per heavy atom. The van der Waals surface area contributed by atoms with Crippen molar-refractivity contribution in [1.82, 2.24) is 5.32 Å². The molecule has 0 amide bonds. The lowest BCUT2D eigenvalue weighted by molar-refractivity contribution is -0.149. The van der Waals surface area contributed by atoms with E-state index in [0.29, 0.717) is 0 Å². The second-order valence-electron chi connectivity index (χ2n) is 5.30. The van der Waals surface area contributed by atoms with Crippen LogP contribution in [0, 0.1) is 0 Å². The molecule has 4 nitrogen and oxygen atoms in total. The summed E-state index contributed by atoms with van der Waals surface area (Å²) in [5.74, 6) is -2.20. The van der Waals surface area contributed by atoms with Gasteiger partial charge in [-0.2, -0.15) is 0 Å². The van der Waals surface area contributed by atoms with E-state index in [1.54, 1.807) is 0 Å². The largest absolute Gasteiger partial charge is 0.480 e. The van der Waals surface area contributed by atoms with E-state index >= 15 is 0 Å². The first kappa shape index (κ1) is 15.9. The van der Waals surface area contributed by atoms with Gasteiger partial charge in [-0.15, -0.1) is 0 Å². The second kappa shape index (κ2) is 6.54. The summed E-state index contributed by atoms with van der Waals surface area (Å²) >= 11 is 0. The third kappa shape index (κ3) is 2.92. The van der Waals surface area contributed by atoms with E-state index in [9.17, 15) is 14.7 Å². The van der Waals surface area contributed by atoms with Crippen molar-refractivity contribution in [3.8, 4) is 0 Å². The lowest BCUT2D eigenvalue weighted by Gasteiger charge is -2.28. The Bertz CT molecular complexity index is 615. The van der Waals surface area contributed by atoms with Crippen LogP contribution in [0.1, 0.15) is 24.0 Å². The average Bonchev–Trinajstić information content (AvgIpc) is 2.56. The number of carboxylic acids is 1. The fourth-order valence-corrected chi connectivity index (χ4v) is 2.41. The van der Waals surface area contributed by atoms with Gasteiger partial charge in [0.1, 0.15) is 0 Å². The minimum atomic E-state index is -1.64. The SMILES string of the molecule is CN[C@@](C)(C(=O)O)C(=O)C(c1ccccc1)c1ccccc1. The summed E-state index contributed by atoms with van der Waals surface area (Å²) in [6.45, 7) is 1.40. The molecule has 2 rings (SSSR count). The molecular formula is C18H19NO3. The van der Waals surface area contributed by atoms with Crippen molar-refractivity contribution in [3.05, 3.63) is 71.8 Å². The van der Waals surface area contributed by atoms with Crippen LogP contribution in [0.5, 0.6) is 0 Å². The Morgan fingerprint density at radius 2 is 1.36 bits per heavy atom. The predicted molar refractivity (Wildman–Crippen MR) is 84.8 cm³/mol. The Kier molecular flexibility index (Phi) is 4.73. The number of aliphatic carboxylic acids is 1. The van der Waals surface area contributed by atoms with Gasteiger partial charge in [0.05, 0.1) is 5.92 Å². The molecule has 1 atom stereocenters. The minimum Gasteiger partial charge on any atom is -0.480 e. The number of hydrogen-bond acceptors (Lipinski definition) is 3. The summed E-state index contributed by atoms with van der Waals surface area (Å²) < 4.78 is 0. The highest BCUT2D eigenvalue weighted by Crippen LogP contribution is 2.29. The van der Waals surface area contributed by atoms with Crippen LogP contribution in [0.25, 0.3) is 0 Å². The lowest BCUT2D eigenvalue weighted by atomic mass is 9.79. The Morgan fingerprint density at radius 1 is 0.955 bits per heavy atom. The Labute approximate surface area is 129 Å². The van der Waals surface area contributed by atoms with Gasteiger partial charge in [0, 0.05) is 0 Å². The molecule has 2 aromatic rings. The zero-order valence-corrected chi connectivity index (χ0v) is 12.6. The number of rotatable bonds is 6. The van der Waals surface area contributed by atoms with E-state index in [4.69, 9.17) is 0 Å². The number of carbonyl (C=O) groups excluding carboxylic acids is 1. The van der Waals surface area contributed by atoms with E-state index < -0.39 is 17.4 Å². The molecule has 0 radical (unpaired) electrons. The van der Waals surface area contributed by atoms with Crippen LogP contribution < -0.4 is 5.32 Å².